The van der Waals surface area contributed by atoms with E-state index in [-0.39, 0.29) is 12.5 Å². The number of hydrogen-bond acceptors (Lipinski definition) is 3. The molecule has 6 heteroatoms. The quantitative estimate of drug-likeness (QED) is 0.311. The third kappa shape index (κ3) is 8.82. The van der Waals surface area contributed by atoms with Gasteiger partial charge in [0.25, 0.3) is 0 Å². The molecule has 0 fully saturated rings. The highest BCUT2D eigenvalue weighted by Gasteiger charge is 2.07. The summed E-state index contributed by atoms with van der Waals surface area (Å²) in [6.45, 7) is 6.14. The molecule has 0 spiro atoms. The van der Waals surface area contributed by atoms with Gasteiger partial charge in [-0.25, -0.2) is 4.99 Å². The predicted octanol–water partition coefficient (Wildman–Crippen LogP) is 2.59. The van der Waals surface area contributed by atoms with Crippen molar-refractivity contribution in [3.63, 3.8) is 0 Å². The van der Waals surface area contributed by atoms with Crippen LogP contribution in [0.15, 0.2) is 40.2 Å². The lowest BCUT2D eigenvalue weighted by molar-refractivity contribution is -0.127. The number of nitrogens with one attached hydrogen (secondary N) is 2. The van der Waals surface area contributed by atoms with Crippen LogP contribution in [-0.2, 0) is 4.79 Å². The molecule has 5 nitrogen and oxygen atoms in total. The van der Waals surface area contributed by atoms with Gasteiger partial charge in [-0.15, -0.1) is 11.8 Å². The second-order valence-electron chi connectivity index (χ2n) is 5.86. The van der Waals surface area contributed by atoms with E-state index in [2.05, 4.69) is 53.7 Å². The maximum Gasteiger partial charge on any atom is 0.243 e. The predicted molar refractivity (Wildman–Crippen MR) is 104 cm³/mol. The first-order valence-corrected chi connectivity index (χ1v) is 9.35. The summed E-state index contributed by atoms with van der Waals surface area (Å²) in [4.78, 5) is 18.9. The Bertz CT molecular complexity index is 505. The third-order valence-corrected chi connectivity index (χ3v) is 4.44. The summed E-state index contributed by atoms with van der Waals surface area (Å²) < 4.78 is 0. The summed E-state index contributed by atoms with van der Waals surface area (Å²) in [6, 6.07) is 10.4. The molecular weight excluding hydrogens is 320 g/mol. The fraction of sp³-hybridized carbons (Fsp3) is 0.556. The zero-order valence-corrected chi connectivity index (χ0v) is 16.0. The van der Waals surface area contributed by atoms with E-state index < -0.39 is 0 Å². The smallest absolute Gasteiger partial charge is 0.243 e. The summed E-state index contributed by atoms with van der Waals surface area (Å²) in [7, 11) is 3.49. The molecule has 1 amide bonds. The number of amides is 1. The van der Waals surface area contributed by atoms with E-state index >= 15 is 0 Å². The van der Waals surface area contributed by atoms with Gasteiger partial charge >= 0.3 is 0 Å². The van der Waals surface area contributed by atoms with Gasteiger partial charge in [0.2, 0.25) is 5.91 Å². The summed E-state index contributed by atoms with van der Waals surface area (Å²) >= 11 is 1.82. The first-order valence-electron chi connectivity index (χ1n) is 8.47. The van der Waals surface area contributed by atoms with Crippen LogP contribution >= 0.6 is 11.8 Å². The lowest BCUT2D eigenvalue weighted by Crippen LogP contribution is -2.41. The van der Waals surface area contributed by atoms with E-state index in [1.807, 2.05) is 17.8 Å². The molecule has 1 aromatic carbocycles. The zero-order valence-electron chi connectivity index (χ0n) is 15.2. The standard InChI is InChI=1S/C18H30N4OS/c1-5-6-12-19-18(21-14-17(23)22(3)4)20-13-15(2)24-16-10-8-7-9-11-16/h7-11,15H,5-6,12-14H2,1-4H3,(H2,19,20,21). The highest BCUT2D eigenvalue weighted by atomic mass is 32.2. The fourth-order valence-corrected chi connectivity index (χ4v) is 2.80. The van der Waals surface area contributed by atoms with Crippen molar-refractivity contribution in [3.05, 3.63) is 30.3 Å². The van der Waals surface area contributed by atoms with Crippen LogP contribution in [0, 0.1) is 0 Å². The molecule has 0 saturated heterocycles. The summed E-state index contributed by atoms with van der Waals surface area (Å²) in [5.41, 5.74) is 0. The number of carbonyl (C=O) groups excluding carboxylic acids is 1. The summed E-state index contributed by atoms with van der Waals surface area (Å²) in [5, 5.41) is 7.03. The third-order valence-electron chi connectivity index (χ3n) is 3.33. The van der Waals surface area contributed by atoms with Crippen LogP contribution in [0.2, 0.25) is 0 Å². The normalized spacial score (nSPS) is 12.6. The van der Waals surface area contributed by atoms with Crippen molar-refractivity contribution in [1.82, 2.24) is 15.5 Å². The van der Waals surface area contributed by atoms with Gasteiger partial charge in [-0.1, -0.05) is 38.5 Å². The number of benzene rings is 1. The molecule has 2 N–H and O–H groups in total. The Morgan fingerprint density at radius 3 is 2.58 bits per heavy atom. The summed E-state index contributed by atoms with van der Waals surface area (Å²) in [6.07, 6.45) is 2.20. The number of carbonyl (C=O) groups is 1. The molecule has 0 aliphatic carbocycles. The van der Waals surface area contributed by atoms with Crippen LogP contribution in [0.1, 0.15) is 26.7 Å². The Morgan fingerprint density at radius 2 is 1.96 bits per heavy atom. The maximum atomic E-state index is 11.7. The molecule has 24 heavy (non-hydrogen) atoms. The van der Waals surface area contributed by atoms with Gasteiger partial charge in [0.1, 0.15) is 6.54 Å². The highest BCUT2D eigenvalue weighted by molar-refractivity contribution is 8.00. The van der Waals surface area contributed by atoms with Crippen LogP contribution in [0.5, 0.6) is 0 Å². The van der Waals surface area contributed by atoms with Crippen molar-refractivity contribution in [2.24, 2.45) is 4.99 Å². The van der Waals surface area contributed by atoms with Crippen molar-refractivity contribution >= 4 is 23.6 Å². The van der Waals surface area contributed by atoms with Crippen LogP contribution in [0.3, 0.4) is 0 Å². The van der Waals surface area contributed by atoms with Gasteiger partial charge in [0, 0.05) is 37.3 Å². The van der Waals surface area contributed by atoms with E-state index in [1.165, 1.54) is 4.90 Å². The first-order chi connectivity index (χ1) is 11.5. The average Bonchev–Trinajstić information content (AvgIpc) is 2.57. The number of aliphatic imine (C=N–C) groups is 1. The minimum atomic E-state index is -0.00157. The molecule has 0 radical (unpaired) electrons. The van der Waals surface area contributed by atoms with E-state index in [0.717, 1.165) is 25.9 Å². The number of likely N-dealkylation sites (N-methyl/N-ethyl adjacent to an activating group) is 1. The molecule has 0 heterocycles. The Morgan fingerprint density at radius 1 is 1.25 bits per heavy atom. The Labute approximate surface area is 150 Å². The van der Waals surface area contributed by atoms with Crippen molar-refractivity contribution in [1.29, 1.82) is 0 Å². The molecule has 1 aromatic rings. The zero-order chi connectivity index (χ0) is 17.8. The van der Waals surface area contributed by atoms with Crippen molar-refractivity contribution < 1.29 is 4.79 Å². The Kier molecular flexibility index (Phi) is 10.00. The SMILES string of the molecule is CCCCNC(=NCC(=O)N(C)C)NCC(C)Sc1ccccc1. The number of hydrogen-bond donors (Lipinski definition) is 2. The first kappa shape index (κ1) is 20.4. The van der Waals surface area contributed by atoms with E-state index in [4.69, 9.17) is 0 Å². The molecule has 1 unspecified atom stereocenters. The minimum Gasteiger partial charge on any atom is -0.356 e. The lowest BCUT2D eigenvalue weighted by atomic mass is 10.3. The Hall–Kier alpha value is -1.69. The van der Waals surface area contributed by atoms with Crippen LogP contribution in [0.4, 0.5) is 0 Å². The van der Waals surface area contributed by atoms with Gasteiger partial charge in [0.05, 0.1) is 0 Å². The number of unbranched alkanes of at least 4 members (excludes halogenated alkanes) is 1. The molecule has 0 bridgehead atoms. The average molecular weight is 351 g/mol. The fourth-order valence-electron chi connectivity index (χ4n) is 1.86. The number of rotatable bonds is 9. The molecular formula is C18H30N4OS. The number of nitrogens with zero attached hydrogens (tertiary/aromatic N) is 2. The van der Waals surface area contributed by atoms with Gasteiger partial charge in [0.15, 0.2) is 5.96 Å². The summed E-state index contributed by atoms with van der Waals surface area (Å²) in [5.74, 6) is 0.706. The second kappa shape index (κ2) is 11.8. The number of thioether (sulfide) groups is 1. The van der Waals surface area contributed by atoms with Crippen LogP contribution < -0.4 is 10.6 Å². The molecule has 0 aromatic heterocycles. The second-order valence-corrected chi connectivity index (χ2v) is 7.37. The van der Waals surface area contributed by atoms with E-state index in [0.29, 0.717) is 11.2 Å². The topological polar surface area (TPSA) is 56.7 Å². The van der Waals surface area contributed by atoms with Gasteiger partial charge in [-0.3, -0.25) is 4.79 Å². The lowest BCUT2D eigenvalue weighted by Gasteiger charge is -2.16. The largest absolute Gasteiger partial charge is 0.356 e. The maximum absolute atomic E-state index is 11.7. The van der Waals surface area contributed by atoms with Crippen molar-refractivity contribution in [3.8, 4) is 0 Å². The minimum absolute atomic E-state index is 0.00157. The van der Waals surface area contributed by atoms with E-state index in [1.54, 1.807) is 19.0 Å². The molecule has 1 rings (SSSR count). The van der Waals surface area contributed by atoms with Gasteiger partial charge in [-0.05, 0) is 18.6 Å². The molecule has 1 atom stereocenters. The van der Waals surface area contributed by atoms with Crippen LogP contribution in [0.25, 0.3) is 0 Å². The Balaban J connectivity index is 2.50. The van der Waals surface area contributed by atoms with Crippen molar-refractivity contribution in [2.45, 2.75) is 36.8 Å². The van der Waals surface area contributed by atoms with E-state index in [9.17, 15) is 4.79 Å². The molecule has 0 aliphatic rings. The van der Waals surface area contributed by atoms with Gasteiger partial charge < -0.3 is 15.5 Å². The number of guanidine groups is 1. The molecule has 0 saturated carbocycles. The highest BCUT2D eigenvalue weighted by Crippen LogP contribution is 2.21. The van der Waals surface area contributed by atoms with Crippen molar-refractivity contribution in [2.75, 3.05) is 33.7 Å². The monoisotopic (exact) mass is 350 g/mol. The molecule has 0 aliphatic heterocycles. The van der Waals surface area contributed by atoms with Gasteiger partial charge in [-0.2, -0.15) is 0 Å². The molecule has 134 valence electrons. The van der Waals surface area contributed by atoms with Crippen LogP contribution in [-0.4, -0.2) is 55.7 Å².